The number of thiazole rings is 1. The summed E-state index contributed by atoms with van der Waals surface area (Å²) in [4.78, 5) is 4.36. The molecule has 1 heterocycles. The van der Waals surface area contributed by atoms with Crippen molar-refractivity contribution in [1.29, 1.82) is 0 Å². The van der Waals surface area contributed by atoms with Gasteiger partial charge in [0.2, 0.25) is 0 Å². The molecule has 0 unspecified atom stereocenters. The molecule has 0 saturated carbocycles. The summed E-state index contributed by atoms with van der Waals surface area (Å²) in [5.41, 5.74) is 2.34. The van der Waals surface area contributed by atoms with Crippen molar-refractivity contribution < 1.29 is 0 Å². The molecule has 0 saturated heterocycles. The van der Waals surface area contributed by atoms with Crippen LogP contribution in [-0.4, -0.2) is 11.5 Å². The van der Waals surface area contributed by atoms with Crippen LogP contribution in [0.25, 0.3) is 0 Å². The summed E-state index contributed by atoms with van der Waals surface area (Å²) in [6, 6.07) is 0. The van der Waals surface area contributed by atoms with Crippen LogP contribution in [0.3, 0.4) is 0 Å². The standard InChI is InChI=1S/C10H16N2S/c1-8(2)4-5-11-6-10-12-9(3)7-13-10/h7,11H,1,4-6H2,2-3H3. The molecule has 0 aliphatic heterocycles. The fourth-order valence-corrected chi connectivity index (χ4v) is 1.72. The lowest BCUT2D eigenvalue weighted by molar-refractivity contribution is 0.681. The zero-order valence-electron chi connectivity index (χ0n) is 8.26. The molecule has 0 radical (unpaired) electrons. The Morgan fingerprint density at radius 2 is 2.46 bits per heavy atom. The van der Waals surface area contributed by atoms with Gasteiger partial charge in [-0.25, -0.2) is 4.98 Å². The Labute approximate surface area is 83.7 Å². The van der Waals surface area contributed by atoms with Crippen LogP contribution in [0.2, 0.25) is 0 Å². The minimum Gasteiger partial charge on any atom is -0.310 e. The van der Waals surface area contributed by atoms with Gasteiger partial charge in [0.15, 0.2) is 0 Å². The summed E-state index contributed by atoms with van der Waals surface area (Å²) in [6.07, 6.45) is 1.05. The van der Waals surface area contributed by atoms with Crippen LogP contribution < -0.4 is 5.32 Å². The van der Waals surface area contributed by atoms with E-state index < -0.39 is 0 Å². The van der Waals surface area contributed by atoms with E-state index in [0.717, 1.165) is 25.2 Å². The first-order valence-corrected chi connectivity index (χ1v) is 5.32. The summed E-state index contributed by atoms with van der Waals surface area (Å²) < 4.78 is 0. The molecule has 0 amide bonds. The SMILES string of the molecule is C=C(C)CCNCc1nc(C)cs1. The first-order valence-electron chi connectivity index (χ1n) is 4.44. The highest BCUT2D eigenvalue weighted by atomic mass is 32.1. The number of aromatic nitrogens is 1. The highest BCUT2D eigenvalue weighted by Crippen LogP contribution is 2.07. The number of nitrogens with zero attached hydrogens (tertiary/aromatic N) is 1. The molecule has 3 heteroatoms. The van der Waals surface area contributed by atoms with Crippen molar-refractivity contribution in [3.05, 3.63) is 28.2 Å². The van der Waals surface area contributed by atoms with Crippen LogP contribution >= 0.6 is 11.3 Å². The van der Waals surface area contributed by atoms with E-state index in [1.54, 1.807) is 11.3 Å². The summed E-state index contributed by atoms with van der Waals surface area (Å²) in [6.45, 7) is 9.80. The predicted molar refractivity (Wildman–Crippen MR) is 58.0 cm³/mol. The predicted octanol–water partition coefficient (Wildman–Crippen LogP) is 2.51. The normalized spacial score (nSPS) is 10.3. The van der Waals surface area contributed by atoms with Crippen molar-refractivity contribution in [2.24, 2.45) is 0 Å². The lowest BCUT2D eigenvalue weighted by Crippen LogP contribution is -2.14. The fourth-order valence-electron chi connectivity index (χ4n) is 0.981. The molecule has 1 rings (SSSR count). The largest absolute Gasteiger partial charge is 0.310 e. The van der Waals surface area contributed by atoms with E-state index >= 15 is 0 Å². The second-order valence-corrected chi connectivity index (χ2v) is 4.21. The maximum atomic E-state index is 4.36. The third-order valence-corrected chi connectivity index (χ3v) is 2.64. The van der Waals surface area contributed by atoms with Crippen molar-refractivity contribution in [2.45, 2.75) is 26.8 Å². The van der Waals surface area contributed by atoms with E-state index in [4.69, 9.17) is 0 Å². The van der Waals surface area contributed by atoms with E-state index in [0.29, 0.717) is 0 Å². The van der Waals surface area contributed by atoms with E-state index in [1.165, 1.54) is 10.6 Å². The van der Waals surface area contributed by atoms with Crippen molar-refractivity contribution in [3.63, 3.8) is 0 Å². The van der Waals surface area contributed by atoms with Gasteiger partial charge in [0.1, 0.15) is 5.01 Å². The lowest BCUT2D eigenvalue weighted by atomic mass is 10.2. The molecular formula is C10H16N2S. The summed E-state index contributed by atoms with van der Waals surface area (Å²) >= 11 is 1.71. The van der Waals surface area contributed by atoms with Crippen molar-refractivity contribution in [1.82, 2.24) is 10.3 Å². The smallest absolute Gasteiger partial charge is 0.107 e. The molecule has 72 valence electrons. The minimum atomic E-state index is 0.881. The zero-order chi connectivity index (χ0) is 9.68. The molecule has 0 aliphatic rings. The van der Waals surface area contributed by atoms with E-state index in [2.05, 4.69) is 29.2 Å². The number of hydrogen-bond acceptors (Lipinski definition) is 3. The second kappa shape index (κ2) is 5.14. The molecule has 0 aromatic carbocycles. The van der Waals surface area contributed by atoms with Crippen molar-refractivity contribution in [2.75, 3.05) is 6.54 Å². The molecule has 2 nitrogen and oxygen atoms in total. The lowest BCUT2D eigenvalue weighted by Gasteiger charge is -2.01. The highest BCUT2D eigenvalue weighted by Gasteiger charge is 1.96. The number of aryl methyl sites for hydroxylation is 1. The monoisotopic (exact) mass is 196 g/mol. The first kappa shape index (κ1) is 10.4. The molecule has 1 aromatic heterocycles. The Morgan fingerprint density at radius 1 is 1.69 bits per heavy atom. The molecule has 0 spiro atoms. The summed E-state index contributed by atoms with van der Waals surface area (Å²) in [5, 5.41) is 6.58. The van der Waals surface area contributed by atoms with E-state index in [9.17, 15) is 0 Å². The van der Waals surface area contributed by atoms with Gasteiger partial charge in [-0.05, 0) is 26.8 Å². The topological polar surface area (TPSA) is 24.9 Å². The molecule has 0 atom stereocenters. The maximum absolute atomic E-state index is 4.36. The van der Waals surface area contributed by atoms with Gasteiger partial charge in [0.05, 0.1) is 0 Å². The first-order chi connectivity index (χ1) is 6.18. The van der Waals surface area contributed by atoms with Gasteiger partial charge >= 0.3 is 0 Å². The van der Waals surface area contributed by atoms with Crippen molar-refractivity contribution >= 4 is 11.3 Å². The molecular weight excluding hydrogens is 180 g/mol. The van der Waals surface area contributed by atoms with Gasteiger partial charge in [-0.15, -0.1) is 17.9 Å². The molecule has 13 heavy (non-hydrogen) atoms. The molecule has 0 aliphatic carbocycles. The van der Waals surface area contributed by atoms with Gasteiger partial charge in [-0.1, -0.05) is 5.57 Å². The molecule has 0 bridgehead atoms. The van der Waals surface area contributed by atoms with Gasteiger partial charge < -0.3 is 5.32 Å². The van der Waals surface area contributed by atoms with Crippen LogP contribution in [0.5, 0.6) is 0 Å². The van der Waals surface area contributed by atoms with Crippen LogP contribution in [-0.2, 0) is 6.54 Å². The Kier molecular flexibility index (Phi) is 4.12. The van der Waals surface area contributed by atoms with Gasteiger partial charge in [0, 0.05) is 17.6 Å². The van der Waals surface area contributed by atoms with E-state index in [1.807, 2.05) is 6.92 Å². The zero-order valence-corrected chi connectivity index (χ0v) is 9.08. The minimum absolute atomic E-state index is 0.881. The summed E-state index contributed by atoms with van der Waals surface area (Å²) in [5.74, 6) is 0. The Balaban J connectivity index is 2.16. The van der Waals surface area contributed by atoms with Crippen LogP contribution in [0.1, 0.15) is 24.0 Å². The van der Waals surface area contributed by atoms with Crippen molar-refractivity contribution in [3.8, 4) is 0 Å². The summed E-state index contributed by atoms with van der Waals surface area (Å²) in [7, 11) is 0. The quantitative estimate of drug-likeness (QED) is 0.578. The van der Waals surface area contributed by atoms with E-state index in [-0.39, 0.29) is 0 Å². The van der Waals surface area contributed by atoms with Gasteiger partial charge in [-0.2, -0.15) is 0 Å². The Bertz CT molecular complexity index is 278. The second-order valence-electron chi connectivity index (χ2n) is 3.27. The average Bonchev–Trinajstić information content (AvgIpc) is 2.45. The Morgan fingerprint density at radius 3 is 3.00 bits per heavy atom. The number of hydrogen-bond donors (Lipinski definition) is 1. The third-order valence-electron chi connectivity index (χ3n) is 1.67. The Hall–Kier alpha value is -0.670. The molecule has 1 N–H and O–H groups in total. The van der Waals surface area contributed by atoms with Gasteiger partial charge in [-0.3, -0.25) is 0 Å². The number of nitrogens with one attached hydrogen (secondary N) is 1. The molecule has 1 aromatic rings. The average molecular weight is 196 g/mol. The number of rotatable bonds is 5. The van der Waals surface area contributed by atoms with Crippen LogP contribution in [0.4, 0.5) is 0 Å². The maximum Gasteiger partial charge on any atom is 0.107 e. The van der Waals surface area contributed by atoms with Gasteiger partial charge in [0.25, 0.3) is 0 Å². The third kappa shape index (κ3) is 4.20. The molecule has 0 fully saturated rings. The highest BCUT2D eigenvalue weighted by molar-refractivity contribution is 7.09. The fraction of sp³-hybridized carbons (Fsp3) is 0.500. The van der Waals surface area contributed by atoms with Crippen LogP contribution in [0, 0.1) is 6.92 Å². The van der Waals surface area contributed by atoms with Crippen LogP contribution in [0.15, 0.2) is 17.5 Å².